The maximum absolute atomic E-state index is 12.7. The van der Waals surface area contributed by atoms with Crippen molar-refractivity contribution in [3.8, 4) is 11.1 Å². The molecule has 146 valence electrons. The van der Waals surface area contributed by atoms with Crippen LogP contribution >= 0.6 is 0 Å². The van der Waals surface area contributed by atoms with Crippen LogP contribution in [0.25, 0.3) is 11.1 Å². The summed E-state index contributed by atoms with van der Waals surface area (Å²) in [5.41, 5.74) is 3.27. The maximum Gasteiger partial charge on any atom is 0.410 e. The van der Waals surface area contributed by atoms with Crippen molar-refractivity contribution in [2.24, 2.45) is 0 Å². The van der Waals surface area contributed by atoms with Gasteiger partial charge in [0.25, 0.3) is 0 Å². The number of nitrogens with zero attached hydrogens (tertiary/aromatic N) is 1. The van der Waals surface area contributed by atoms with Crippen LogP contribution in [-0.2, 0) is 14.3 Å². The number of aliphatic carboxylic acids is 1. The highest BCUT2D eigenvalue weighted by Gasteiger charge is 2.47. The van der Waals surface area contributed by atoms with E-state index in [4.69, 9.17) is 9.47 Å². The van der Waals surface area contributed by atoms with Crippen LogP contribution < -0.4 is 0 Å². The van der Waals surface area contributed by atoms with Gasteiger partial charge in [-0.15, -0.1) is 0 Å². The molecule has 6 heteroatoms. The number of carboxylic acid groups (broad SMARTS) is 1. The molecule has 4 rings (SSSR count). The second-order valence-electron chi connectivity index (χ2n) is 7.31. The van der Waals surface area contributed by atoms with E-state index in [9.17, 15) is 14.7 Å². The molecule has 0 bridgehead atoms. The number of carboxylic acids is 1. The second kappa shape index (κ2) is 7.28. The van der Waals surface area contributed by atoms with E-state index in [-0.39, 0.29) is 25.4 Å². The molecule has 1 fully saturated rings. The highest BCUT2D eigenvalue weighted by molar-refractivity contribution is 5.84. The molecule has 0 spiro atoms. The number of ether oxygens (including phenoxy) is 2. The van der Waals surface area contributed by atoms with Crippen molar-refractivity contribution in [2.75, 3.05) is 26.9 Å². The fourth-order valence-corrected chi connectivity index (χ4v) is 4.27. The monoisotopic (exact) mass is 381 g/mol. The average molecular weight is 381 g/mol. The number of fused-ring (bicyclic) bond motifs is 3. The van der Waals surface area contributed by atoms with Gasteiger partial charge in [0.05, 0.1) is 0 Å². The molecule has 2 aliphatic rings. The van der Waals surface area contributed by atoms with Gasteiger partial charge in [0, 0.05) is 39.0 Å². The van der Waals surface area contributed by atoms with Crippen LogP contribution in [0.5, 0.6) is 0 Å². The number of benzene rings is 2. The van der Waals surface area contributed by atoms with Gasteiger partial charge in [-0.25, -0.2) is 9.59 Å². The van der Waals surface area contributed by atoms with Crippen LogP contribution in [-0.4, -0.2) is 54.5 Å². The number of carbonyl (C=O) groups excluding carboxylic acids is 1. The van der Waals surface area contributed by atoms with Crippen LogP contribution in [0.3, 0.4) is 0 Å². The highest BCUT2D eigenvalue weighted by atomic mass is 16.6. The van der Waals surface area contributed by atoms with Gasteiger partial charge < -0.3 is 14.6 Å². The van der Waals surface area contributed by atoms with Gasteiger partial charge in [-0.3, -0.25) is 4.90 Å². The summed E-state index contributed by atoms with van der Waals surface area (Å²) in [6.07, 6.45) is -0.113. The molecule has 1 aliphatic carbocycles. The van der Waals surface area contributed by atoms with E-state index in [1.807, 2.05) is 24.3 Å². The summed E-state index contributed by atoms with van der Waals surface area (Å²) < 4.78 is 10.9. The first kappa shape index (κ1) is 18.5. The Balaban J connectivity index is 1.53. The summed E-state index contributed by atoms with van der Waals surface area (Å²) in [6.45, 7) is 0.796. The van der Waals surface area contributed by atoms with Crippen LogP contribution in [0.2, 0.25) is 0 Å². The standard InChI is InChI=1S/C22H23NO5/c1-23(22(20(24)25)10-12-27-13-11-22)21(26)28-14-19-17-8-4-2-6-15(17)16-7-3-5-9-18(16)19/h2-9,19H,10-14H2,1H3,(H,24,25). The summed E-state index contributed by atoms with van der Waals surface area (Å²) in [4.78, 5) is 25.9. The molecule has 1 amide bonds. The fraction of sp³-hybridized carbons (Fsp3) is 0.364. The number of carbonyl (C=O) groups is 2. The van der Waals surface area contributed by atoms with Crippen molar-refractivity contribution < 1.29 is 24.2 Å². The first-order valence-electron chi connectivity index (χ1n) is 9.44. The Labute approximate surface area is 163 Å². The zero-order chi connectivity index (χ0) is 19.7. The molecule has 0 aromatic heterocycles. The largest absolute Gasteiger partial charge is 0.479 e. The molecule has 1 aliphatic heterocycles. The Morgan fingerprint density at radius 2 is 1.61 bits per heavy atom. The van der Waals surface area contributed by atoms with Gasteiger partial charge in [0.15, 0.2) is 0 Å². The van der Waals surface area contributed by atoms with Crippen LogP contribution in [0.1, 0.15) is 29.9 Å². The smallest absolute Gasteiger partial charge is 0.410 e. The Kier molecular flexibility index (Phi) is 4.81. The lowest BCUT2D eigenvalue weighted by Gasteiger charge is -2.40. The average Bonchev–Trinajstić information content (AvgIpc) is 3.05. The van der Waals surface area contributed by atoms with E-state index in [0.717, 1.165) is 22.3 Å². The van der Waals surface area contributed by atoms with E-state index in [2.05, 4.69) is 24.3 Å². The molecule has 0 radical (unpaired) electrons. The summed E-state index contributed by atoms with van der Waals surface area (Å²) in [7, 11) is 1.50. The summed E-state index contributed by atoms with van der Waals surface area (Å²) in [5.74, 6) is -1.08. The van der Waals surface area contributed by atoms with Crippen LogP contribution in [0, 0.1) is 0 Å². The van der Waals surface area contributed by atoms with E-state index < -0.39 is 17.6 Å². The Morgan fingerprint density at radius 1 is 1.07 bits per heavy atom. The summed E-state index contributed by atoms with van der Waals surface area (Å²) in [6, 6.07) is 16.2. The van der Waals surface area contributed by atoms with Crippen molar-refractivity contribution in [1.82, 2.24) is 4.90 Å². The molecule has 0 atom stereocenters. The lowest BCUT2D eigenvalue weighted by molar-refractivity contribution is -0.155. The fourth-order valence-electron chi connectivity index (χ4n) is 4.27. The van der Waals surface area contributed by atoms with Crippen LogP contribution in [0.15, 0.2) is 48.5 Å². The zero-order valence-corrected chi connectivity index (χ0v) is 15.8. The summed E-state index contributed by atoms with van der Waals surface area (Å²) in [5, 5.41) is 9.74. The second-order valence-corrected chi connectivity index (χ2v) is 7.31. The summed E-state index contributed by atoms with van der Waals surface area (Å²) >= 11 is 0. The number of hydrogen-bond donors (Lipinski definition) is 1. The van der Waals surface area contributed by atoms with Gasteiger partial charge in [-0.1, -0.05) is 48.5 Å². The molecular formula is C22H23NO5. The molecule has 6 nitrogen and oxygen atoms in total. The van der Waals surface area contributed by atoms with Crippen molar-refractivity contribution in [2.45, 2.75) is 24.3 Å². The predicted octanol–water partition coefficient (Wildman–Crippen LogP) is 3.50. The van der Waals surface area contributed by atoms with E-state index in [1.165, 1.54) is 11.9 Å². The van der Waals surface area contributed by atoms with Crippen molar-refractivity contribution >= 4 is 12.1 Å². The molecule has 1 heterocycles. The number of rotatable bonds is 4. The molecular weight excluding hydrogens is 358 g/mol. The normalized spacial score (nSPS) is 17.5. The minimum Gasteiger partial charge on any atom is -0.479 e. The van der Waals surface area contributed by atoms with Gasteiger partial charge in [-0.2, -0.15) is 0 Å². The Morgan fingerprint density at radius 3 is 2.14 bits per heavy atom. The highest BCUT2D eigenvalue weighted by Crippen LogP contribution is 2.44. The maximum atomic E-state index is 12.7. The molecule has 2 aromatic carbocycles. The number of amides is 1. The predicted molar refractivity (Wildman–Crippen MR) is 103 cm³/mol. The quantitative estimate of drug-likeness (QED) is 0.877. The zero-order valence-electron chi connectivity index (χ0n) is 15.8. The van der Waals surface area contributed by atoms with Gasteiger partial charge in [-0.05, 0) is 22.3 Å². The molecule has 0 unspecified atom stereocenters. The van der Waals surface area contributed by atoms with Gasteiger partial charge in [0.2, 0.25) is 0 Å². The van der Waals surface area contributed by atoms with Crippen molar-refractivity contribution in [1.29, 1.82) is 0 Å². The molecule has 28 heavy (non-hydrogen) atoms. The number of hydrogen-bond acceptors (Lipinski definition) is 4. The lowest BCUT2D eigenvalue weighted by atomic mass is 9.89. The van der Waals surface area contributed by atoms with E-state index >= 15 is 0 Å². The SMILES string of the molecule is CN(C(=O)OCC1c2ccccc2-c2ccccc21)C1(C(=O)O)CCOCC1. The molecule has 1 N–H and O–H groups in total. The minimum atomic E-state index is -1.28. The van der Waals surface area contributed by atoms with Gasteiger partial charge >= 0.3 is 12.1 Å². The molecule has 0 saturated carbocycles. The first-order chi connectivity index (χ1) is 13.5. The van der Waals surface area contributed by atoms with Gasteiger partial charge in [0.1, 0.15) is 12.1 Å². The van der Waals surface area contributed by atoms with E-state index in [1.54, 1.807) is 0 Å². The molecule has 2 aromatic rings. The first-order valence-corrected chi connectivity index (χ1v) is 9.44. The third-order valence-electron chi connectivity index (χ3n) is 5.97. The number of likely N-dealkylation sites (N-methyl/N-ethyl adjacent to an activating group) is 1. The Hall–Kier alpha value is -2.86. The van der Waals surface area contributed by atoms with Crippen molar-refractivity contribution in [3.05, 3.63) is 59.7 Å². The third-order valence-corrected chi connectivity index (χ3v) is 5.97. The topological polar surface area (TPSA) is 76.1 Å². The van der Waals surface area contributed by atoms with Crippen LogP contribution in [0.4, 0.5) is 4.79 Å². The Bertz CT molecular complexity index is 858. The molecule has 1 saturated heterocycles. The third kappa shape index (κ3) is 2.94. The minimum absolute atomic E-state index is 0.0554. The van der Waals surface area contributed by atoms with Crippen molar-refractivity contribution in [3.63, 3.8) is 0 Å². The van der Waals surface area contributed by atoms with E-state index in [0.29, 0.717) is 13.2 Å². The lowest BCUT2D eigenvalue weighted by Crippen LogP contribution is -2.58.